The zero-order valence-corrected chi connectivity index (χ0v) is 15.9. The number of anilines is 1. The van der Waals surface area contributed by atoms with Crippen LogP contribution in [0.5, 0.6) is 5.75 Å². The predicted molar refractivity (Wildman–Crippen MR) is 105 cm³/mol. The summed E-state index contributed by atoms with van der Waals surface area (Å²) in [4.78, 5) is 16.7. The summed E-state index contributed by atoms with van der Waals surface area (Å²) in [7, 11) is 1.65. The van der Waals surface area contributed by atoms with E-state index in [9.17, 15) is 4.79 Å². The Labute approximate surface area is 158 Å². The van der Waals surface area contributed by atoms with Crippen molar-refractivity contribution in [2.45, 2.75) is 25.7 Å². The van der Waals surface area contributed by atoms with E-state index < -0.39 is 0 Å². The van der Waals surface area contributed by atoms with Crippen LogP contribution in [0.15, 0.2) is 29.6 Å². The Kier molecular flexibility index (Phi) is 7.68. The Morgan fingerprint density at radius 3 is 2.88 bits per heavy atom. The van der Waals surface area contributed by atoms with E-state index in [1.165, 1.54) is 24.2 Å². The number of carbonyl (C=O) groups is 1. The lowest BCUT2D eigenvalue weighted by molar-refractivity contribution is -0.116. The number of benzene rings is 1. The normalized spacial score (nSPS) is 14.6. The molecule has 0 saturated carbocycles. The molecule has 3 rings (SSSR count). The first-order valence-corrected chi connectivity index (χ1v) is 9.23. The second kappa shape index (κ2) is 9.75. The number of ether oxygens (including phenoxy) is 1. The molecule has 136 valence electrons. The molecule has 1 saturated heterocycles. The van der Waals surface area contributed by atoms with Gasteiger partial charge in [-0.3, -0.25) is 4.79 Å². The van der Waals surface area contributed by atoms with Crippen molar-refractivity contribution in [2.75, 3.05) is 25.5 Å². The van der Waals surface area contributed by atoms with Gasteiger partial charge in [0.1, 0.15) is 5.75 Å². The summed E-state index contributed by atoms with van der Waals surface area (Å²) >= 11 is 1.44. The molecule has 0 spiro atoms. The number of nitrogens with zero attached hydrogens (tertiary/aromatic N) is 1. The smallest absolute Gasteiger partial charge is 0.226 e. The number of amides is 1. The molecule has 1 aliphatic rings. The van der Waals surface area contributed by atoms with Crippen LogP contribution < -0.4 is 15.4 Å². The Hall–Kier alpha value is -1.63. The van der Waals surface area contributed by atoms with Gasteiger partial charge in [0.2, 0.25) is 5.91 Å². The van der Waals surface area contributed by atoms with Gasteiger partial charge in [-0.25, -0.2) is 4.98 Å². The third kappa shape index (κ3) is 5.42. The number of para-hydroxylation sites is 1. The average Bonchev–Trinajstić information content (AvgIpc) is 3.09. The summed E-state index contributed by atoms with van der Waals surface area (Å²) in [5, 5.41) is 8.86. The van der Waals surface area contributed by atoms with Crippen LogP contribution in [0.3, 0.4) is 0 Å². The minimum Gasteiger partial charge on any atom is -0.496 e. The Morgan fingerprint density at radius 2 is 2.12 bits per heavy atom. The van der Waals surface area contributed by atoms with Crippen molar-refractivity contribution in [1.82, 2.24) is 10.3 Å². The highest BCUT2D eigenvalue weighted by Crippen LogP contribution is 2.32. The van der Waals surface area contributed by atoms with Gasteiger partial charge >= 0.3 is 0 Å². The molecule has 1 aromatic heterocycles. The molecule has 25 heavy (non-hydrogen) atoms. The summed E-state index contributed by atoms with van der Waals surface area (Å²) in [6.45, 7) is 2.14. The molecule has 1 fully saturated rings. The highest BCUT2D eigenvalue weighted by Gasteiger charge is 2.15. The van der Waals surface area contributed by atoms with E-state index in [0.29, 0.717) is 17.5 Å². The van der Waals surface area contributed by atoms with E-state index in [2.05, 4.69) is 15.6 Å². The molecule has 1 aromatic carbocycles. The lowest BCUT2D eigenvalue weighted by Gasteiger charge is -2.21. The Balaban J connectivity index is 0.00000225. The number of methoxy groups -OCH3 is 1. The fraction of sp³-hybridized carbons (Fsp3) is 0.444. The van der Waals surface area contributed by atoms with Gasteiger partial charge in [-0.2, -0.15) is 0 Å². The fourth-order valence-electron chi connectivity index (χ4n) is 3.00. The van der Waals surface area contributed by atoms with Gasteiger partial charge in [0.25, 0.3) is 0 Å². The molecule has 2 aromatic rings. The number of nitrogens with one attached hydrogen (secondary N) is 2. The fourth-order valence-corrected chi connectivity index (χ4v) is 3.73. The van der Waals surface area contributed by atoms with Gasteiger partial charge in [-0.15, -0.1) is 23.7 Å². The number of rotatable bonds is 6. The molecule has 1 aliphatic heterocycles. The van der Waals surface area contributed by atoms with Crippen LogP contribution in [0.1, 0.15) is 25.7 Å². The molecular weight excluding hydrogens is 358 g/mol. The number of carbonyl (C=O) groups excluding carboxylic acids is 1. The lowest BCUT2D eigenvalue weighted by atomic mass is 9.93. The summed E-state index contributed by atoms with van der Waals surface area (Å²) in [5.41, 5.74) is 1.76. The molecule has 5 nitrogen and oxygen atoms in total. The van der Waals surface area contributed by atoms with Crippen LogP contribution >= 0.6 is 23.7 Å². The van der Waals surface area contributed by atoms with Gasteiger partial charge in [0, 0.05) is 17.4 Å². The van der Waals surface area contributed by atoms with Gasteiger partial charge < -0.3 is 15.4 Å². The van der Waals surface area contributed by atoms with Crippen molar-refractivity contribution in [2.24, 2.45) is 5.92 Å². The minimum absolute atomic E-state index is 0. The van der Waals surface area contributed by atoms with Crippen molar-refractivity contribution in [1.29, 1.82) is 0 Å². The van der Waals surface area contributed by atoms with E-state index >= 15 is 0 Å². The molecule has 0 aliphatic carbocycles. The summed E-state index contributed by atoms with van der Waals surface area (Å²) in [6, 6.07) is 7.76. The number of thiazole rings is 1. The van der Waals surface area contributed by atoms with Gasteiger partial charge in [0.15, 0.2) is 5.13 Å². The van der Waals surface area contributed by atoms with E-state index in [-0.39, 0.29) is 18.3 Å². The van der Waals surface area contributed by atoms with Gasteiger partial charge in [0.05, 0.1) is 12.8 Å². The van der Waals surface area contributed by atoms with Crippen molar-refractivity contribution in [3.05, 3.63) is 29.6 Å². The van der Waals surface area contributed by atoms with Crippen LogP contribution in [0.4, 0.5) is 5.13 Å². The molecule has 2 N–H and O–H groups in total. The van der Waals surface area contributed by atoms with Crippen LogP contribution in [-0.4, -0.2) is 31.1 Å². The zero-order valence-electron chi connectivity index (χ0n) is 14.3. The number of hydrogen-bond acceptors (Lipinski definition) is 5. The number of aromatic nitrogens is 1. The summed E-state index contributed by atoms with van der Waals surface area (Å²) in [6.07, 6.45) is 3.86. The van der Waals surface area contributed by atoms with Gasteiger partial charge in [-0.1, -0.05) is 12.1 Å². The monoisotopic (exact) mass is 381 g/mol. The molecule has 1 amide bonds. The maximum absolute atomic E-state index is 12.1. The Bertz CT molecular complexity index is 686. The first kappa shape index (κ1) is 19.7. The van der Waals surface area contributed by atoms with E-state index in [4.69, 9.17) is 4.74 Å². The van der Waals surface area contributed by atoms with Crippen LogP contribution in [-0.2, 0) is 4.79 Å². The molecular formula is C18H24ClN3O2S. The van der Waals surface area contributed by atoms with Crippen LogP contribution in [0.2, 0.25) is 0 Å². The van der Waals surface area contributed by atoms with Crippen molar-refractivity contribution in [3.63, 3.8) is 0 Å². The third-order valence-corrected chi connectivity index (χ3v) is 5.13. The maximum atomic E-state index is 12.1. The topological polar surface area (TPSA) is 63.2 Å². The zero-order chi connectivity index (χ0) is 16.8. The van der Waals surface area contributed by atoms with Crippen molar-refractivity contribution < 1.29 is 9.53 Å². The standard InChI is InChI=1S/C18H23N3O2S.ClH/c1-23-16-5-3-2-4-14(16)15-12-24-18(20-15)21-17(22)7-6-13-8-10-19-11-9-13;/h2-5,12-13,19H,6-11H2,1H3,(H,20,21,22);1H. The van der Waals surface area contributed by atoms with E-state index in [1.807, 2.05) is 29.6 Å². The highest BCUT2D eigenvalue weighted by atomic mass is 35.5. The van der Waals surface area contributed by atoms with Crippen molar-refractivity contribution >= 4 is 34.8 Å². The highest BCUT2D eigenvalue weighted by molar-refractivity contribution is 7.14. The first-order valence-electron chi connectivity index (χ1n) is 8.35. The SMILES string of the molecule is COc1ccccc1-c1csc(NC(=O)CCC2CCNCC2)n1.Cl. The summed E-state index contributed by atoms with van der Waals surface area (Å²) in [5.74, 6) is 1.50. The Morgan fingerprint density at radius 1 is 1.36 bits per heavy atom. The minimum atomic E-state index is 0. The molecule has 0 bridgehead atoms. The van der Waals surface area contributed by atoms with Crippen LogP contribution in [0, 0.1) is 5.92 Å². The van der Waals surface area contributed by atoms with Crippen LogP contribution in [0.25, 0.3) is 11.3 Å². The molecule has 7 heteroatoms. The largest absolute Gasteiger partial charge is 0.496 e. The number of piperidine rings is 1. The molecule has 0 atom stereocenters. The quantitative estimate of drug-likeness (QED) is 0.795. The predicted octanol–water partition coefficient (Wildman–Crippen LogP) is 3.96. The molecule has 0 unspecified atom stereocenters. The summed E-state index contributed by atoms with van der Waals surface area (Å²) < 4.78 is 5.37. The van der Waals surface area contributed by atoms with E-state index in [1.54, 1.807) is 7.11 Å². The number of hydrogen-bond donors (Lipinski definition) is 2. The maximum Gasteiger partial charge on any atom is 0.226 e. The second-order valence-electron chi connectivity index (χ2n) is 6.02. The average molecular weight is 382 g/mol. The van der Waals surface area contributed by atoms with Crippen molar-refractivity contribution in [3.8, 4) is 17.0 Å². The third-order valence-electron chi connectivity index (χ3n) is 4.37. The first-order chi connectivity index (χ1) is 11.8. The number of halogens is 1. The molecule has 0 radical (unpaired) electrons. The lowest BCUT2D eigenvalue weighted by Crippen LogP contribution is -2.28. The van der Waals surface area contributed by atoms with E-state index in [0.717, 1.165) is 36.5 Å². The van der Waals surface area contributed by atoms with Gasteiger partial charge in [-0.05, 0) is 50.4 Å². The second-order valence-corrected chi connectivity index (χ2v) is 6.88. The molecule has 2 heterocycles.